The lowest BCUT2D eigenvalue weighted by Gasteiger charge is -2.54. The number of alkyl halides is 1. The number of hydrogen-bond donors (Lipinski definition) is 1. The molecule has 0 aromatic carbocycles. The molecule has 0 spiro atoms. The molecule has 0 aromatic heterocycles. The minimum absolute atomic E-state index is 0.324. The SMILES string of the molecule is O=C(O)C(Br)CC1C2CC3CC(C2)CC1C3. The van der Waals surface area contributed by atoms with E-state index >= 15 is 0 Å². The molecule has 4 aliphatic rings. The maximum Gasteiger partial charge on any atom is 0.317 e. The van der Waals surface area contributed by atoms with Gasteiger partial charge < -0.3 is 5.11 Å². The van der Waals surface area contributed by atoms with Crippen molar-refractivity contribution in [1.29, 1.82) is 0 Å². The molecule has 0 heterocycles. The van der Waals surface area contributed by atoms with Gasteiger partial charge in [0.15, 0.2) is 0 Å². The van der Waals surface area contributed by atoms with Crippen LogP contribution in [0.4, 0.5) is 0 Å². The van der Waals surface area contributed by atoms with Crippen molar-refractivity contribution in [3.8, 4) is 0 Å². The van der Waals surface area contributed by atoms with Crippen LogP contribution in [-0.4, -0.2) is 15.9 Å². The predicted molar refractivity (Wildman–Crippen MR) is 65.5 cm³/mol. The van der Waals surface area contributed by atoms with Crippen LogP contribution >= 0.6 is 15.9 Å². The second-order valence-corrected chi connectivity index (χ2v) is 7.24. The van der Waals surface area contributed by atoms with E-state index in [1.807, 2.05) is 0 Å². The molecule has 4 bridgehead atoms. The van der Waals surface area contributed by atoms with Crippen molar-refractivity contribution in [3.05, 3.63) is 0 Å². The summed E-state index contributed by atoms with van der Waals surface area (Å²) in [5, 5.41) is 8.99. The Morgan fingerprint density at radius 2 is 1.62 bits per heavy atom. The zero-order chi connectivity index (χ0) is 11.3. The molecular formula is C13H19BrO2. The largest absolute Gasteiger partial charge is 0.480 e. The molecule has 1 atom stereocenters. The third-order valence-electron chi connectivity index (χ3n) is 5.17. The van der Waals surface area contributed by atoms with Crippen molar-refractivity contribution in [2.45, 2.75) is 43.4 Å². The van der Waals surface area contributed by atoms with Gasteiger partial charge in [-0.25, -0.2) is 0 Å². The van der Waals surface area contributed by atoms with E-state index in [9.17, 15) is 4.79 Å². The molecule has 0 amide bonds. The number of aliphatic carboxylic acids is 1. The lowest BCUT2D eigenvalue weighted by atomic mass is 9.51. The Labute approximate surface area is 105 Å². The second-order valence-electron chi connectivity index (χ2n) is 6.14. The Kier molecular flexibility index (Phi) is 2.77. The molecule has 4 rings (SSSR count). The maximum absolute atomic E-state index is 10.9. The first kappa shape index (κ1) is 11.1. The monoisotopic (exact) mass is 286 g/mol. The highest BCUT2D eigenvalue weighted by Crippen LogP contribution is 2.57. The van der Waals surface area contributed by atoms with E-state index in [1.165, 1.54) is 32.1 Å². The molecule has 16 heavy (non-hydrogen) atoms. The summed E-state index contributed by atoms with van der Waals surface area (Å²) in [4.78, 5) is 10.6. The quantitative estimate of drug-likeness (QED) is 0.809. The summed E-state index contributed by atoms with van der Waals surface area (Å²) in [6.07, 6.45) is 7.86. The van der Waals surface area contributed by atoms with Gasteiger partial charge in [0.1, 0.15) is 4.83 Å². The Balaban J connectivity index is 1.70. The highest BCUT2D eigenvalue weighted by molar-refractivity contribution is 9.10. The second kappa shape index (κ2) is 4.01. The van der Waals surface area contributed by atoms with E-state index in [2.05, 4.69) is 15.9 Å². The van der Waals surface area contributed by atoms with E-state index in [1.54, 1.807) is 0 Å². The summed E-state index contributed by atoms with van der Waals surface area (Å²) in [7, 11) is 0. The summed E-state index contributed by atoms with van der Waals surface area (Å²) in [6, 6.07) is 0. The van der Waals surface area contributed by atoms with Crippen molar-refractivity contribution in [1.82, 2.24) is 0 Å². The molecule has 4 fully saturated rings. The lowest BCUT2D eigenvalue weighted by Crippen LogP contribution is -2.46. The van der Waals surface area contributed by atoms with Gasteiger partial charge in [-0.3, -0.25) is 4.79 Å². The van der Waals surface area contributed by atoms with Crippen LogP contribution in [0.3, 0.4) is 0 Å². The fourth-order valence-electron chi connectivity index (χ4n) is 4.76. The zero-order valence-corrected chi connectivity index (χ0v) is 11.0. The van der Waals surface area contributed by atoms with E-state index < -0.39 is 5.97 Å². The summed E-state index contributed by atoms with van der Waals surface area (Å²) in [5.74, 6) is 3.66. The number of carboxylic acids is 1. The Hall–Kier alpha value is -0.0500. The van der Waals surface area contributed by atoms with Crippen LogP contribution in [0.15, 0.2) is 0 Å². The average molecular weight is 287 g/mol. The smallest absolute Gasteiger partial charge is 0.317 e. The number of rotatable bonds is 3. The van der Waals surface area contributed by atoms with Crippen LogP contribution in [0.1, 0.15) is 38.5 Å². The standard InChI is InChI=1S/C13H19BrO2/c14-12(13(15)16)6-11-9-2-7-1-8(4-9)5-10(11)3-7/h7-12H,1-6H2,(H,15,16). The highest BCUT2D eigenvalue weighted by Gasteiger charge is 2.48. The fraction of sp³-hybridized carbons (Fsp3) is 0.923. The number of carbonyl (C=O) groups is 1. The van der Waals surface area contributed by atoms with Gasteiger partial charge in [-0.1, -0.05) is 15.9 Å². The minimum atomic E-state index is -0.686. The molecule has 2 nitrogen and oxygen atoms in total. The van der Waals surface area contributed by atoms with E-state index in [0.29, 0.717) is 5.92 Å². The van der Waals surface area contributed by atoms with Crippen LogP contribution in [0.2, 0.25) is 0 Å². The molecule has 0 radical (unpaired) electrons. The van der Waals surface area contributed by atoms with Crippen LogP contribution < -0.4 is 0 Å². The summed E-state index contributed by atoms with van der Waals surface area (Å²) in [6.45, 7) is 0. The van der Waals surface area contributed by atoms with Crippen molar-refractivity contribution in [2.24, 2.45) is 29.6 Å². The molecule has 1 N–H and O–H groups in total. The first-order chi connectivity index (χ1) is 7.63. The van der Waals surface area contributed by atoms with Gasteiger partial charge in [0, 0.05) is 0 Å². The van der Waals surface area contributed by atoms with Crippen LogP contribution in [0.5, 0.6) is 0 Å². The predicted octanol–water partition coefficient (Wildman–Crippen LogP) is 3.30. The van der Waals surface area contributed by atoms with E-state index in [4.69, 9.17) is 5.11 Å². The molecule has 0 aliphatic heterocycles. The van der Waals surface area contributed by atoms with Gasteiger partial charge in [-0.05, 0) is 68.1 Å². The van der Waals surface area contributed by atoms with Crippen molar-refractivity contribution >= 4 is 21.9 Å². The molecule has 4 saturated carbocycles. The normalized spacial score (nSPS) is 46.9. The summed E-state index contributed by atoms with van der Waals surface area (Å²) in [5.41, 5.74) is 0. The number of halogens is 1. The molecule has 0 saturated heterocycles. The van der Waals surface area contributed by atoms with Crippen molar-refractivity contribution < 1.29 is 9.90 Å². The lowest BCUT2D eigenvalue weighted by molar-refractivity contribution is -0.137. The average Bonchev–Trinajstić information content (AvgIpc) is 2.21. The van der Waals surface area contributed by atoms with Crippen LogP contribution in [0, 0.1) is 29.6 Å². The van der Waals surface area contributed by atoms with Gasteiger partial charge in [0.25, 0.3) is 0 Å². The van der Waals surface area contributed by atoms with Crippen LogP contribution in [0.25, 0.3) is 0 Å². The number of hydrogen-bond acceptors (Lipinski definition) is 1. The maximum atomic E-state index is 10.9. The summed E-state index contributed by atoms with van der Waals surface area (Å²) < 4.78 is 0. The van der Waals surface area contributed by atoms with Crippen molar-refractivity contribution in [3.63, 3.8) is 0 Å². The molecule has 4 aliphatic carbocycles. The van der Waals surface area contributed by atoms with Gasteiger partial charge in [-0.2, -0.15) is 0 Å². The Morgan fingerprint density at radius 3 is 2.06 bits per heavy atom. The van der Waals surface area contributed by atoms with Gasteiger partial charge in [-0.15, -0.1) is 0 Å². The molecule has 0 aromatic rings. The topological polar surface area (TPSA) is 37.3 Å². The molecule has 90 valence electrons. The molecular weight excluding hydrogens is 268 g/mol. The van der Waals surface area contributed by atoms with Gasteiger partial charge in [0.05, 0.1) is 0 Å². The van der Waals surface area contributed by atoms with Crippen molar-refractivity contribution in [2.75, 3.05) is 0 Å². The summed E-state index contributed by atoms with van der Waals surface area (Å²) >= 11 is 3.31. The third-order valence-corrected chi connectivity index (χ3v) is 5.93. The fourth-order valence-corrected chi connectivity index (χ4v) is 5.19. The van der Waals surface area contributed by atoms with Gasteiger partial charge in [0.2, 0.25) is 0 Å². The van der Waals surface area contributed by atoms with Gasteiger partial charge >= 0.3 is 5.97 Å². The third kappa shape index (κ3) is 1.81. The van der Waals surface area contributed by atoms with E-state index in [-0.39, 0.29) is 4.83 Å². The number of carboxylic acid groups (broad SMARTS) is 1. The first-order valence-electron chi connectivity index (χ1n) is 6.50. The van der Waals surface area contributed by atoms with E-state index in [0.717, 1.165) is 30.1 Å². The zero-order valence-electron chi connectivity index (χ0n) is 9.44. The minimum Gasteiger partial charge on any atom is -0.480 e. The first-order valence-corrected chi connectivity index (χ1v) is 7.42. The Bertz CT molecular complexity index is 274. The molecule has 1 unspecified atom stereocenters. The Morgan fingerprint density at radius 1 is 1.12 bits per heavy atom. The van der Waals surface area contributed by atoms with Crippen LogP contribution in [-0.2, 0) is 4.79 Å². The highest BCUT2D eigenvalue weighted by atomic mass is 79.9. The molecule has 3 heteroatoms.